The molecule has 0 N–H and O–H groups in total. The normalized spacial score (nSPS) is 16.6. The van der Waals surface area contributed by atoms with Gasteiger partial charge in [0.25, 0.3) is 0 Å². The minimum atomic E-state index is -0.836. The molecule has 0 bridgehead atoms. The van der Waals surface area contributed by atoms with E-state index in [0.29, 0.717) is 12.4 Å². The molecule has 0 radical (unpaired) electrons. The number of amides is 1. The van der Waals surface area contributed by atoms with Crippen LogP contribution in [0.5, 0.6) is 23.0 Å². The lowest BCUT2D eigenvalue weighted by Crippen LogP contribution is -2.44. The lowest BCUT2D eigenvalue weighted by molar-refractivity contribution is -0.120. The van der Waals surface area contributed by atoms with E-state index in [1.807, 2.05) is 62.5 Å². The van der Waals surface area contributed by atoms with Crippen LogP contribution in [0.15, 0.2) is 65.6 Å². The summed E-state index contributed by atoms with van der Waals surface area (Å²) in [4.78, 5) is 18.8. The maximum Gasteiger partial charge on any atom is 0.247 e. The molecule has 0 saturated heterocycles. The minimum absolute atomic E-state index is 0.0189. The van der Waals surface area contributed by atoms with E-state index in [9.17, 15) is 4.79 Å². The van der Waals surface area contributed by atoms with E-state index in [2.05, 4.69) is 24.1 Å². The van der Waals surface area contributed by atoms with Gasteiger partial charge in [-0.05, 0) is 87.8 Å². The van der Waals surface area contributed by atoms with Crippen LogP contribution in [0.3, 0.4) is 0 Å². The molecule has 1 aliphatic heterocycles. The highest BCUT2D eigenvalue weighted by Crippen LogP contribution is 2.52. The molecule has 0 fully saturated rings. The van der Waals surface area contributed by atoms with Crippen LogP contribution >= 0.6 is 11.8 Å². The van der Waals surface area contributed by atoms with Gasteiger partial charge < -0.3 is 28.7 Å². The zero-order valence-corrected chi connectivity index (χ0v) is 25.2. The third-order valence-corrected chi connectivity index (χ3v) is 8.74. The Bertz CT molecular complexity index is 1320. The van der Waals surface area contributed by atoms with Crippen molar-refractivity contribution in [2.45, 2.75) is 35.8 Å². The van der Waals surface area contributed by atoms with Crippen molar-refractivity contribution in [1.82, 2.24) is 4.90 Å². The highest BCUT2D eigenvalue weighted by molar-refractivity contribution is 8.01. The summed E-state index contributed by atoms with van der Waals surface area (Å²) in [5, 5.41) is 0. The summed E-state index contributed by atoms with van der Waals surface area (Å²) in [6.45, 7) is 4.47. The van der Waals surface area contributed by atoms with Crippen LogP contribution in [-0.4, -0.2) is 65.9 Å². The van der Waals surface area contributed by atoms with Crippen LogP contribution in [0, 0.1) is 0 Å². The van der Waals surface area contributed by atoms with Crippen molar-refractivity contribution < 1.29 is 23.7 Å². The predicted molar refractivity (Wildman–Crippen MR) is 162 cm³/mol. The van der Waals surface area contributed by atoms with Crippen LogP contribution in [0.1, 0.15) is 30.9 Å². The van der Waals surface area contributed by atoms with Crippen molar-refractivity contribution in [3.8, 4) is 23.0 Å². The lowest BCUT2D eigenvalue weighted by Gasteiger charge is -2.39. The van der Waals surface area contributed by atoms with Gasteiger partial charge in [0.15, 0.2) is 11.5 Å². The van der Waals surface area contributed by atoms with Crippen molar-refractivity contribution in [2.24, 2.45) is 0 Å². The highest BCUT2D eigenvalue weighted by Gasteiger charge is 2.45. The summed E-state index contributed by atoms with van der Waals surface area (Å²) in [6, 6.07) is 19.8. The first-order chi connectivity index (χ1) is 19.3. The van der Waals surface area contributed by atoms with Crippen molar-refractivity contribution in [3.63, 3.8) is 0 Å². The van der Waals surface area contributed by atoms with E-state index in [1.165, 1.54) is 5.56 Å². The van der Waals surface area contributed by atoms with Crippen LogP contribution in [-0.2, 0) is 16.0 Å². The molecule has 1 amide bonds. The number of unbranched alkanes of at least 4 members (excludes halogenated alkanes) is 1. The second kappa shape index (κ2) is 13.3. The average molecular weight is 565 g/mol. The molecule has 1 heterocycles. The number of hydrogen-bond acceptors (Lipinski definition) is 7. The molecule has 1 aliphatic rings. The van der Waals surface area contributed by atoms with Crippen molar-refractivity contribution >= 4 is 23.4 Å². The van der Waals surface area contributed by atoms with Gasteiger partial charge in [0.2, 0.25) is 5.91 Å². The van der Waals surface area contributed by atoms with Crippen LogP contribution in [0.25, 0.3) is 0 Å². The lowest BCUT2D eigenvalue weighted by atomic mass is 9.96. The Hall–Kier alpha value is -3.36. The van der Waals surface area contributed by atoms with Crippen molar-refractivity contribution in [3.05, 3.63) is 71.8 Å². The van der Waals surface area contributed by atoms with E-state index in [0.717, 1.165) is 65.7 Å². The molecule has 3 aromatic carbocycles. The first-order valence-electron chi connectivity index (χ1n) is 13.6. The van der Waals surface area contributed by atoms with E-state index in [1.54, 1.807) is 38.0 Å². The molecule has 1 atom stereocenters. The smallest absolute Gasteiger partial charge is 0.247 e. The first kappa shape index (κ1) is 29.6. The summed E-state index contributed by atoms with van der Waals surface area (Å²) >= 11 is 1.56. The van der Waals surface area contributed by atoms with Crippen LogP contribution in [0.4, 0.5) is 5.69 Å². The summed E-state index contributed by atoms with van der Waals surface area (Å²) in [5.74, 6) is 2.95. The number of carbonyl (C=O) groups excluding carboxylic acids is 1. The summed E-state index contributed by atoms with van der Waals surface area (Å²) in [5.41, 5.74) is 2.97. The number of anilines is 1. The van der Waals surface area contributed by atoms with E-state index in [-0.39, 0.29) is 5.91 Å². The van der Waals surface area contributed by atoms with Gasteiger partial charge in [0, 0.05) is 24.1 Å². The van der Waals surface area contributed by atoms with Gasteiger partial charge in [-0.1, -0.05) is 18.2 Å². The molecule has 0 aliphatic carbocycles. The van der Waals surface area contributed by atoms with Gasteiger partial charge in [-0.3, -0.25) is 4.79 Å². The third kappa shape index (κ3) is 6.50. The van der Waals surface area contributed by atoms with Gasteiger partial charge in [-0.25, -0.2) is 0 Å². The number of thioether (sulfide) groups is 1. The first-order valence-corrected chi connectivity index (χ1v) is 14.4. The third-order valence-electron chi connectivity index (χ3n) is 7.38. The van der Waals surface area contributed by atoms with Crippen LogP contribution < -0.4 is 23.8 Å². The Morgan fingerprint density at radius 1 is 0.875 bits per heavy atom. The zero-order valence-electron chi connectivity index (χ0n) is 24.4. The number of fused-ring (bicyclic) bond motifs is 1. The zero-order chi connectivity index (χ0) is 28.7. The molecule has 0 saturated carbocycles. The summed E-state index contributed by atoms with van der Waals surface area (Å²) in [6.07, 6.45) is 2.85. The molecule has 7 nitrogen and oxygen atoms in total. The Morgan fingerprint density at radius 3 is 2.38 bits per heavy atom. The van der Waals surface area contributed by atoms with Crippen molar-refractivity contribution in [2.75, 3.05) is 60.0 Å². The molecule has 3 aromatic rings. The molecule has 0 aromatic heterocycles. The van der Waals surface area contributed by atoms with Gasteiger partial charge in [0.1, 0.15) is 16.2 Å². The maximum absolute atomic E-state index is 13.6. The fourth-order valence-corrected chi connectivity index (χ4v) is 6.34. The molecule has 8 heteroatoms. The quantitative estimate of drug-likeness (QED) is 0.235. The summed E-state index contributed by atoms with van der Waals surface area (Å²) < 4.78 is 21.7. The number of hydrogen-bond donors (Lipinski definition) is 0. The number of methoxy groups -OCH3 is 3. The second-order valence-electron chi connectivity index (χ2n) is 10.1. The average Bonchev–Trinajstić information content (AvgIpc) is 2.98. The largest absolute Gasteiger partial charge is 0.497 e. The van der Waals surface area contributed by atoms with E-state index in [4.69, 9.17) is 18.9 Å². The predicted octanol–water partition coefficient (Wildman–Crippen LogP) is 6.03. The number of benzene rings is 3. The Labute approximate surface area is 242 Å². The van der Waals surface area contributed by atoms with Crippen LogP contribution in [0.2, 0.25) is 0 Å². The Morgan fingerprint density at radius 2 is 1.62 bits per heavy atom. The fourth-order valence-electron chi connectivity index (χ4n) is 4.95. The number of likely N-dealkylation sites (N-methyl/N-ethyl adjacent to an activating group) is 2. The van der Waals surface area contributed by atoms with Gasteiger partial charge in [0.05, 0.1) is 33.6 Å². The summed E-state index contributed by atoms with van der Waals surface area (Å²) in [7, 11) is 8.93. The molecule has 0 spiro atoms. The number of rotatable bonds is 13. The molecule has 214 valence electrons. The number of ether oxygens (including phenoxy) is 4. The molecular weight excluding hydrogens is 524 g/mol. The number of nitrogens with zero attached hydrogens (tertiary/aromatic N) is 2. The maximum atomic E-state index is 13.6. The van der Waals surface area contributed by atoms with E-state index >= 15 is 0 Å². The minimum Gasteiger partial charge on any atom is -0.497 e. The van der Waals surface area contributed by atoms with Gasteiger partial charge in [-0.15, -0.1) is 11.8 Å². The van der Waals surface area contributed by atoms with Gasteiger partial charge in [-0.2, -0.15) is 0 Å². The number of para-hydroxylation sites is 1. The molecule has 40 heavy (non-hydrogen) atoms. The second-order valence-corrected chi connectivity index (χ2v) is 11.6. The Kier molecular flexibility index (Phi) is 9.87. The standard InChI is InChI=1S/C32H40N2O5S/c1-32(31(35)34(3)26-11-7-8-12-30(26)40-32)25-22-24(36-4)14-16-27(25)39-20-10-9-18-33(2)19-17-23-13-15-28(37-5)29(21-23)38-6/h7-8,11-16,21-22H,9-10,17-20H2,1-6H3. The topological polar surface area (TPSA) is 60.5 Å². The van der Waals surface area contributed by atoms with Gasteiger partial charge >= 0.3 is 0 Å². The molecule has 4 rings (SSSR count). The fraction of sp³-hybridized carbons (Fsp3) is 0.406. The van der Waals surface area contributed by atoms with Crippen molar-refractivity contribution in [1.29, 1.82) is 0 Å². The molecule has 1 unspecified atom stereocenters. The highest BCUT2D eigenvalue weighted by atomic mass is 32.2. The SMILES string of the molecule is COc1ccc(OCCCCN(C)CCc2ccc(OC)c(OC)c2)c(C2(C)Sc3ccccc3N(C)C2=O)c1. The molecular formula is C32H40N2O5S. The Balaban J connectivity index is 1.34. The monoisotopic (exact) mass is 564 g/mol. The number of carbonyl (C=O) groups is 1. The van der Waals surface area contributed by atoms with E-state index < -0.39 is 4.75 Å².